The van der Waals surface area contributed by atoms with Crippen LogP contribution in [0.5, 0.6) is 0 Å². The highest BCUT2D eigenvalue weighted by Gasteiger charge is 2.11. The van der Waals surface area contributed by atoms with Crippen LogP contribution in [-0.2, 0) is 4.79 Å². The summed E-state index contributed by atoms with van der Waals surface area (Å²) in [6.45, 7) is 1.95. The fraction of sp³-hybridized carbons (Fsp3) is 0.333. The van der Waals surface area contributed by atoms with E-state index in [1.54, 1.807) is 26.2 Å². The number of hydrogen-bond donors (Lipinski definition) is 2. The van der Waals surface area contributed by atoms with Gasteiger partial charge in [-0.15, -0.1) is 0 Å². The molecule has 5 nitrogen and oxygen atoms in total. The van der Waals surface area contributed by atoms with Crippen LogP contribution in [-0.4, -0.2) is 42.5 Å². The van der Waals surface area contributed by atoms with Gasteiger partial charge in [-0.25, -0.2) is 4.79 Å². The predicted molar refractivity (Wildman–Crippen MR) is 65.3 cm³/mol. The van der Waals surface area contributed by atoms with Gasteiger partial charge in [0.1, 0.15) is 0 Å². The molecule has 1 aromatic carbocycles. The highest BCUT2D eigenvalue weighted by Crippen LogP contribution is 2.17. The standard InChI is InChI=1S/C12H16N2O3/c1-8-4-5-9(12(16)17)10(6-8)13-7-11(15)14(2)3/h4-6,13H,7H2,1-3H3,(H,16,17). The SMILES string of the molecule is Cc1ccc(C(=O)O)c(NCC(=O)N(C)C)c1. The van der Waals surface area contributed by atoms with Crippen LogP contribution in [0.25, 0.3) is 0 Å². The number of aromatic carboxylic acids is 1. The molecule has 2 N–H and O–H groups in total. The Hall–Kier alpha value is -2.04. The van der Waals surface area contributed by atoms with Crippen molar-refractivity contribution in [1.29, 1.82) is 0 Å². The second kappa shape index (κ2) is 5.34. The number of carbonyl (C=O) groups excluding carboxylic acids is 1. The monoisotopic (exact) mass is 236 g/mol. The van der Waals surface area contributed by atoms with E-state index in [2.05, 4.69) is 5.32 Å². The van der Waals surface area contributed by atoms with Gasteiger partial charge in [-0.05, 0) is 24.6 Å². The molecule has 0 radical (unpaired) electrons. The molecule has 92 valence electrons. The Morgan fingerprint density at radius 3 is 2.53 bits per heavy atom. The van der Waals surface area contributed by atoms with Crippen molar-refractivity contribution < 1.29 is 14.7 Å². The van der Waals surface area contributed by atoms with Gasteiger partial charge in [0.25, 0.3) is 0 Å². The Bertz CT molecular complexity index is 441. The van der Waals surface area contributed by atoms with Gasteiger partial charge < -0.3 is 15.3 Å². The highest BCUT2D eigenvalue weighted by atomic mass is 16.4. The largest absolute Gasteiger partial charge is 0.478 e. The zero-order chi connectivity index (χ0) is 13.0. The van der Waals surface area contributed by atoms with E-state index in [4.69, 9.17) is 5.11 Å². The van der Waals surface area contributed by atoms with Crippen molar-refractivity contribution >= 4 is 17.6 Å². The molecule has 0 heterocycles. The molecule has 0 aromatic heterocycles. The van der Waals surface area contributed by atoms with E-state index in [0.717, 1.165) is 5.56 Å². The summed E-state index contributed by atoms with van der Waals surface area (Å²) in [6, 6.07) is 4.97. The van der Waals surface area contributed by atoms with Crippen LogP contribution in [0.4, 0.5) is 5.69 Å². The van der Waals surface area contributed by atoms with E-state index in [0.29, 0.717) is 5.69 Å². The molecule has 1 aromatic rings. The fourth-order valence-corrected chi connectivity index (χ4v) is 1.32. The fourth-order valence-electron chi connectivity index (χ4n) is 1.32. The van der Waals surface area contributed by atoms with Gasteiger partial charge >= 0.3 is 5.97 Å². The second-order valence-corrected chi connectivity index (χ2v) is 4.00. The summed E-state index contributed by atoms with van der Waals surface area (Å²) in [5.41, 5.74) is 1.57. The molecule has 0 saturated carbocycles. The van der Waals surface area contributed by atoms with Crippen LogP contribution < -0.4 is 5.32 Å². The van der Waals surface area contributed by atoms with Crippen LogP contribution in [0.3, 0.4) is 0 Å². The summed E-state index contributed by atoms with van der Waals surface area (Å²) in [5, 5.41) is 11.8. The molecule has 1 rings (SSSR count). The van der Waals surface area contributed by atoms with Crippen molar-refractivity contribution in [2.24, 2.45) is 0 Å². The number of carbonyl (C=O) groups is 2. The smallest absolute Gasteiger partial charge is 0.337 e. The van der Waals surface area contributed by atoms with Crippen molar-refractivity contribution in [2.75, 3.05) is 26.0 Å². The minimum Gasteiger partial charge on any atom is -0.478 e. The maximum absolute atomic E-state index is 11.4. The molecular formula is C12H16N2O3. The van der Waals surface area contributed by atoms with E-state index in [9.17, 15) is 9.59 Å². The average Bonchev–Trinajstić information content (AvgIpc) is 2.25. The number of carboxylic acid groups (broad SMARTS) is 1. The molecule has 0 bridgehead atoms. The topological polar surface area (TPSA) is 69.6 Å². The average molecular weight is 236 g/mol. The Balaban J connectivity index is 2.86. The number of likely N-dealkylation sites (N-methyl/N-ethyl adjacent to an activating group) is 1. The number of hydrogen-bond acceptors (Lipinski definition) is 3. The molecule has 0 aliphatic rings. The summed E-state index contributed by atoms with van der Waals surface area (Å²) in [7, 11) is 3.30. The summed E-state index contributed by atoms with van der Waals surface area (Å²) in [5.74, 6) is -1.12. The van der Waals surface area contributed by atoms with Gasteiger partial charge in [0, 0.05) is 19.8 Å². The van der Waals surface area contributed by atoms with Crippen LogP contribution in [0.15, 0.2) is 18.2 Å². The summed E-state index contributed by atoms with van der Waals surface area (Å²) < 4.78 is 0. The lowest BCUT2D eigenvalue weighted by Crippen LogP contribution is -2.29. The normalized spacial score (nSPS) is 9.82. The van der Waals surface area contributed by atoms with E-state index in [1.165, 1.54) is 11.0 Å². The molecule has 17 heavy (non-hydrogen) atoms. The first-order chi connectivity index (χ1) is 7.91. The Morgan fingerprint density at radius 1 is 1.35 bits per heavy atom. The van der Waals surface area contributed by atoms with Crippen LogP contribution in [0, 0.1) is 6.92 Å². The quantitative estimate of drug-likeness (QED) is 0.824. The molecule has 0 atom stereocenters. The Morgan fingerprint density at radius 2 is 2.00 bits per heavy atom. The molecule has 0 spiro atoms. The Labute approximate surface area is 100 Å². The highest BCUT2D eigenvalue weighted by molar-refractivity contribution is 5.95. The lowest BCUT2D eigenvalue weighted by atomic mass is 10.1. The molecule has 0 aliphatic carbocycles. The molecule has 5 heteroatoms. The van der Waals surface area contributed by atoms with Gasteiger partial charge in [-0.2, -0.15) is 0 Å². The molecule has 0 unspecified atom stereocenters. The Kier molecular flexibility index (Phi) is 4.09. The number of anilines is 1. The number of amides is 1. The number of rotatable bonds is 4. The zero-order valence-corrected chi connectivity index (χ0v) is 10.2. The third kappa shape index (κ3) is 3.48. The molecule has 0 fully saturated rings. The molecular weight excluding hydrogens is 220 g/mol. The van der Waals surface area contributed by atoms with Gasteiger partial charge in [-0.1, -0.05) is 6.07 Å². The summed E-state index contributed by atoms with van der Waals surface area (Å²) in [4.78, 5) is 23.8. The first-order valence-electron chi connectivity index (χ1n) is 5.20. The molecule has 1 amide bonds. The maximum atomic E-state index is 11.4. The lowest BCUT2D eigenvalue weighted by Gasteiger charge is -2.13. The van der Waals surface area contributed by atoms with Crippen molar-refractivity contribution in [3.05, 3.63) is 29.3 Å². The minimum atomic E-state index is -1.01. The number of nitrogens with zero attached hydrogens (tertiary/aromatic N) is 1. The van der Waals surface area contributed by atoms with Crippen molar-refractivity contribution in [2.45, 2.75) is 6.92 Å². The predicted octanol–water partition coefficient (Wildman–Crippen LogP) is 1.19. The van der Waals surface area contributed by atoms with Crippen molar-refractivity contribution in [1.82, 2.24) is 4.90 Å². The van der Waals surface area contributed by atoms with Gasteiger partial charge in [0.2, 0.25) is 5.91 Å². The third-order valence-electron chi connectivity index (χ3n) is 2.33. The van der Waals surface area contributed by atoms with E-state index < -0.39 is 5.97 Å². The zero-order valence-electron chi connectivity index (χ0n) is 10.2. The number of nitrogens with one attached hydrogen (secondary N) is 1. The van der Waals surface area contributed by atoms with E-state index in [-0.39, 0.29) is 18.0 Å². The number of aryl methyl sites for hydroxylation is 1. The van der Waals surface area contributed by atoms with Gasteiger partial charge in [0.15, 0.2) is 0 Å². The lowest BCUT2D eigenvalue weighted by molar-refractivity contribution is -0.126. The summed E-state index contributed by atoms with van der Waals surface area (Å²) >= 11 is 0. The first kappa shape index (κ1) is 13.0. The second-order valence-electron chi connectivity index (χ2n) is 4.00. The van der Waals surface area contributed by atoms with Crippen LogP contribution in [0.1, 0.15) is 15.9 Å². The number of benzene rings is 1. The maximum Gasteiger partial charge on any atom is 0.337 e. The minimum absolute atomic E-state index is 0.0801. The summed E-state index contributed by atoms with van der Waals surface area (Å²) in [6.07, 6.45) is 0. The first-order valence-corrected chi connectivity index (χ1v) is 5.20. The van der Waals surface area contributed by atoms with E-state index in [1.807, 2.05) is 6.92 Å². The van der Waals surface area contributed by atoms with Crippen LogP contribution in [0.2, 0.25) is 0 Å². The third-order valence-corrected chi connectivity index (χ3v) is 2.33. The van der Waals surface area contributed by atoms with Crippen LogP contribution >= 0.6 is 0 Å². The number of carboxylic acids is 1. The van der Waals surface area contributed by atoms with Gasteiger partial charge in [-0.3, -0.25) is 4.79 Å². The van der Waals surface area contributed by atoms with E-state index >= 15 is 0 Å². The van der Waals surface area contributed by atoms with Crippen molar-refractivity contribution in [3.8, 4) is 0 Å². The van der Waals surface area contributed by atoms with Gasteiger partial charge in [0.05, 0.1) is 12.1 Å². The molecule has 0 saturated heterocycles. The van der Waals surface area contributed by atoms with Crippen molar-refractivity contribution in [3.63, 3.8) is 0 Å². The molecule has 0 aliphatic heterocycles.